The summed E-state index contributed by atoms with van der Waals surface area (Å²) in [6.07, 6.45) is 5.68. The van der Waals surface area contributed by atoms with Crippen LogP contribution >= 0.6 is 0 Å². The van der Waals surface area contributed by atoms with Crippen LogP contribution in [-0.2, 0) is 13.9 Å². The van der Waals surface area contributed by atoms with Gasteiger partial charge in [-0.3, -0.25) is 4.57 Å². The molecule has 9 nitrogen and oxygen atoms in total. The molecule has 2 aromatic heterocycles. The zero-order valence-corrected chi connectivity index (χ0v) is 24.8. The monoisotopic (exact) mass is 533 g/mol. The summed E-state index contributed by atoms with van der Waals surface area (Å²) < 4.78 is 22.5. The van der Waals surface area contributed by atoms with Crippen molar-refractivity contribution in [2.24, 2.45) is 17.8 Å². The van der Waals surface area contributed by atoms with E-state index in [4.69, 9.17) is 19.6 Å². The number of ether oxygens (including phenoxy) is 2. The number of nitrogens with zero attached hydrogens (tertiary/aromatic N) is 4. The lowest BCUT2D eigenvalue weighted by atomic mass is 9.75. The third-order valence-electron chi connectivity index (χ3n) is 9.36. The zero-order valence-electron chi connectivity index (χ0n) is 23.8. The minimum absolute atomic E-state index is 0.0405. The number of fused-ring (bicyclic) bond motifs is 1. The summed E-state index contributed by atoms with van der Waals surface area (Å²) in [6, 6.07) is 0. The third kappa shape index (κ3) is 5.45. The molecule has 3 heterocycles. The first kappa shape index (κ1) is 28.4. The van der Waals surface area contributed by atoms with Crippen LogP contribution in [0.5, 0.6) is 0 Å². The van der Waals surface area contributed by atoms with Gasteiger partial charge in [-0.2, -0.15) is 0 Å². The van der Waals surface area contributed by atoms with E-state index in [1.807, 2.05) is 4.57 Å². The molecule has 1 saturated heterocycles. The van der Waals surface area contributed by atoms with E-state index in [1.54, 1.807) is 6.33 Å². The molecule has 0 aromatic carbocycles. The maximum absolute atomic E-state index is 10.5. The average Bonchev–Trinajstić information content (AvgIpc) is 3.41. The molecule has 0 radical (unpaired) electrons. The van der Waals surface area contributed by atoms with Gasteiger partial charge in [-0.25, -0.2) is 15.0 Å². The Morgan fingerprint density at radius 2 is 1.95 bits per heavy atom. The Hall–Kier alpha value is -1.59. The first-order valence-corrected chi connectivity index (χ1v) is 16.8. The number of rotatable bonds is 9. The summed E-state index contributed by atoms with van der Waals surface area (Å²) in [7, 11) is -2.23. The van der Waals surface area contributed by atoms with Crippen molar-refractivity contribution in [2.75, 3.05) is 12.3 Å². The Balaban J connectivity index is 1.76. The second-order valence-electron chi connectivity index (χ2n) is 12.6. The summed E-state index contributed by atoms with van der Waals surface area (Å²) in [4.78, 5) is 13.0. The van der Waals surface area contributed by atoms with Crippen molar-refractivity contribution < 1.29 is 19.0 Å². The second-order valence-corrected chi connectivity index (χ2v) is 17.2. The van der Waals surface area contributed by atoms with Gasteiger partial charge in [0.2, 0.25) is 0 Å². The van der Waals surface area contributed by atoms with E-state index in [9.17, 15) is 5.11 Å². The van der Waals surface area contributed by atoms with E-state index >= 15 is 0 Å². The van der Waals surface area contributed by atoms with E-state index in [0.29, 0.717) is 34.7 Å². The molecule has 0 bridgehead atoms. The van der Waals surface area contributed by atoms with Gasteiger partial charge >= 0.3 is 0 Å². The molecule has 3 unspecified atom stereocenters. The normalized spacial score (nSPS) is 31.5. The zero-order chi connectivity index (χ0) is 27.1. The van der Waals surface area contributed by atoms with Crippen molar-refractivity contribution in [3.63, 3.8) is 0 Å². The van der Waals surface area contributed by atoms with Gasteiger partial charge in [0, 0.05) is 0 Å². The van der Waals surface area contributed by atoms with Gasteiger partial charge in [-0.15, -0.1) is 0 Å². The Morgan fingerprint density at radius 1 is 1.22 bits per heavy atom. The van der Waals surface area contributed by atoms with E-state index in [1.165, 1.54) is 12.7 Å². The number of aliphatic hydroxyl groups is 1. The quantitative estimate of drug-likeness (QED) is 0.436. The molecule has 10 heteroatoms. The van der Waals surface area contributed by atoms with Crippen LogP contribution in [0.3, 0.4) is 0 Å². The number of nitrogen functional groups attached to an aromatic ring is 1. The molecule has 2 aromatic rings. The number of nitrogens with two attached hydrogens (primary N) is 1. The number of imidazole rings is 1. The molecule has 0 spiro atoms. The smallest absolute Gasteiger partial charge is 0.193 e. The van der Waals surface area contributed by atoms with E-state index in [-0.39, 0.29) is 17.7 Å². The summed E-state index contributed by atoms with van der Waals surface area (Å²) >= 11 is 0. The summed E-state index contributed by atoms with van der Waals surface area (Å²) in [5.74, 6) is 1.89. The number of aliphatic hydroxyl groups excluding tert-OH is 1. The Labute approximate surface area is 222 Å². The number of anilines is 1. The van der Waals surface area contributed by atoms with Crippen molar-refractivity contribution in [1.82, 2.24) is 19.5 Å². The van der Waals surface area contributed by atoms with Crippen LogP contribution in [0.15, 0.2) is 12.7 Å². The van der Waals surface area contributed by atoms with Gasteiger partial charge in [0.25, 0.3) is 0 Å². The van der Waals surface area contributed by atoms with Crippen molar-refractivity contribution in [3.05, 3.63) is 12.7 Å². The van der Waals surface area contributed by atoms with Crippen LogP contribution in [0, 0.1) is 17.8 Å². The molecule has 37 heavy (non-hydrogen) atoms. The minimum atomic E-state index is -2.23. The highest BCUT2D eigenvalue weighted by Crippen LogP contribution is 2.46. The first-order valence-electron chi connectivity index (χ1n) is 13.9. The molecule has 0 amide bonds. The number of aromatic nitrogens is 4. The van der Waals surface area contributed by atoms with Crippen LogP contribution in [0.1, 0.15) is 73.5 Å². The third-order valence-corrected chi connectivity index (χ3v) is 13.8. The van der Waals surface area contributed by atoms with Gasteiger partial charge in [0.15, 0.2) is 26.0 Å². The number of hydrogen-bond acceptors (Lipinski definition) is 8. The molecule has 2 fully saturated rings. The SMILES string of the molecule is CCC(C)(C)[Si](C)(C)O[C@H]1[C@@H](OC2CC(C)CCC2C(C)C)[C@H](n2cnc3c(N)ncnc32)O[C@@H]1CO. The van der Waals surface area contributed by atoms with Crippen LogP contribution in [0.4, 0.5) is 5.82 Å². The standard InChI is InChI=1S/C27H47N5O4Si/c1-9-27(5,6)37(7,8)36-22-20(13-33)35-26(32-15-31-21-24(28)29-14-30-25(21)32)23(22)34-19-12-17(4)10-11-18(19)16(2)3/h14-20,22-23,26,33H,9-13H2,1-8H3,(H2,28,29,30)/t17?,18?,19?,20-,22-,23-,26-/m1/s1. The highest BCUT2D eigenvalue weighted by Gasteiger charge is 2.53. The van der Waals surface area contributed by atoms with Crippen molar-refractivity contribution in [3.8, 4) is 0 Å². The largest absolute Gasteiger partial charge is 0.408 e. The van der Waals surface area contributed by atoms with E-state index in [2.05, 4.69) is 69.6 Å². The average molecular weight is 534 g/mol. The fourth-order valence-corrected chi connectivity index (χ4v) is 7.96. The predicted molar refractivity (Wildman–Crippen MR) is 147 cm³/mol. The van der Waals surface area contributed by atoms with Gasteiger partial charge in [-0.05, 0) is 48.7 Å². The lowest BCUT2D eigenvalue weighted by Gasteiger charge is -2.44. The molecule has 208 valence electrons. The summed E-state index contributed by atoms with van der Waals surface area (Å²) in [5, 5.41) is 10.5. The molecular weight excluding hydrogens is 486 g/mol. The summed E-state index contributed by atoms with van der Waals surface area (Å²) in [5.41, 5.74) is 7.21. The highest BCUT2D eigenvalue weighted by atomic mass is 28.4. The van der Waals surface area contributed by atoms with Crippen molar-refractivity contribution in [2.45, 2.75) is 116 Å². The molecular formula is C27H47N5O4Si. The predicted octanol–water partition coefficient (Wildman–Crippen LogP) is 4.92. The van der Waals surface area contributed by atoms with Gasteiger partial charge < -0.3 is 24.7 Å². The molecule has 2 aliphatic rings. The van der Waals surface area contributed by atoms with Gasteiger partial charge in [-0.1, -0.05) is 54.4 Å². The lowest BCUT2D eigenvalue weighted by Crippen LogP contribution is -2.52. The van der Waals surface area contributed by atoms with Crippen molar-refractivity contribution in [1.29, 1.82) is 0 Å². The molecule has 1 saturated carbocycles. The molecule has 3 N–H and O–H groups in total. The minimum Gasteiger partial charge on any atom is -0.408 e. The van der Waals surface area contributed by atoms with E-state index < -0.39 is 32.9 Å². The van der Waals surface area contributed by atoms with Crippen LogP contribution in [-0.4, -0.2) is 64.0 Å². The second kappa shape index (κ2) is 10.9. The Kier molecular flexibility index (Phi) is 8.36. The fourth-order valence-electron chi connectivity index (χ4n) is 5.82. The summed E-state index contributed by atoms with van der Waals surface area (Å²) in [6.45, 7) is 18.0. The molecule has 1 aliphatic heterocycles. The van der Waals surface area contributed by atoms with Crippen LogP contribution < -0.4 is 5.73 Å². The topological polar surface area (TPSA) is 118 Å². The maximum Gasteiger partial charge on any atom is 0.193 e. The fraction of sp³-hybridized carbons (Fsp3) is 0.815. The maximum atomic E-state index is 10.5. The first-order chi connectivity index (χ1) is 17.4. The molecule has 1 aliphatic carbocycles. The van der Waals surface area contributed by atoms with Crippen LogP contribution in [0.2, 0.25) is 18.1 Å². The highest BCUT2D eigenvalue weighted by molar-refractivity contribution is 6.74. The van der Waals surface area contributed by atoms with Gasteiger partial charge in [0.1, 0.15) is 30.2 Å². The Morgan fingerprint density at radius 3 is 2.59 bits per heavy atom. The molecule has 4 rings (SSSR count). The lowest BCUT2D eigenvalue weighted by molar-refractivity contribution is -0.134. The van der Waals surface area contributed by atoms with Gasteiger partial charge in [0.05, 0.1) is 19.0 Å². The van der Waals surface area contributed by atoms with E-state index in [0.717, 1.165) is 19.3 Å². The number of hydrogen-bond donors (Lipinski definition) is 2. The Bertz CT molecular complexity index is 1060. The van der Waals surface area contributed by atoms with Crippen LogP contribution in [0.25, 0.3) is 11.2 Å². The van der Waals surface area contributed by atoms with Crippen molar-refractivity contribution >= 4 is 25.3 Å². The molecule has 7 atom stereocenters.